The van der Waals surface area contributed by atoms with Gasteiger partial charge in [0, 0.05) is 19.2 Å². The van der Waals surface area contributed by atoms with Crippen LogP contribution < -0.4 is 66.5 Å². The Hall–Kier alpha value is -0.644. The molecule has 1 N–H and O–H groups in total. The molecule has 25 heavy (non-hydrogen) atoms. The van der Waals surface area contributed by atoms with Gasteiger partial charge in [0.1, 0.15) is 5.75 Å². The number of amides is 2. The number of likely N-dealkylation sites (tertiary alicyclic amines) is 1. The first-order chi connectivity index (χ1) is 11.5. The standard InChI is InChI=1S/C17H24N2O5.K/c1-11(13-6-4-5-7-15(13)24-3)18-17(22)19-9-8-12(23-2)10-14(19)16(20)21;/h4-7,11-12,14H,8-10H2,1-3H3,(H,18,22)(H,20,21);/q;+1/p-1. The van der Waals surface area contributed by atoms with Crippen molar-refractivity contribution < 1.29 is 75.6 Å². The number of aliphatic carboxylic acids is 1. The van der Waals surface area contributed by atoms with Crippen LogP contribution in [0.15, 0.2) is 24.3 Å². The maximum absolute atomic E-state index is 12.5. The van der Waals surface area contributed by atoms with Gasteiger partial charge in [0.05, 0.1) is 31.3 Å². The number of carboxylic acids is 1. The number of ether oxygens (including phenoxy) is 2. The van der Waals surface area contributed by atoms with E-state index in [0.29, 0.717) is 18.7 Å². The Kier molecular flexibility index (Phi) is 9.40. The number of urea groups is 1. The molecule has 132 valence electrons. The molecule has 1 aromatic rings. The zero-order valence-corrected chi connectivity index (χ0v) is 18.3. The molecule has 3 atom stereocenters. The maximum Gasteiger partial charge on any atom is 1.00 e. The van der Waals surface area contributed by atoms with Crippen LogP contribution in [0, 0.1) is 0 Å². The van der Waals surface area contributed by atoms with Crippen molar-refractivity contribution in [1.29, 1.82) is 0 Å². The Morgan fingerprint density at radius 1 is 1.32 bits per heavy atom. The molecule has 3 unspecified atom stereocenters. The molecule has 0 radical (unpaired) electrons. The number of nitrogens with one attached hydrogen (secondary N) is 1. The summed E-state index contributed by atoms with van der Waals surface area (Å²) in [5, 5.41) is 14.2. The third kappa shape index (κ3) is 5.67. The van der Waals surface area contributed by atoms with Gasteiger partial charge in [-0.1, -0.05) is 18.2 Å². The predicted molar refractivity (Wildman–Crippen MR) is 85.5 cm³/mol. The summed E-state index contributed by atoms with van der Waals surface area (Å²) < 4.78 is 10.5. The van der Waals surface area contributed by atoms with Crippen molar-refractivity contribution in [2.45, 2.75) is 38.0 Å². The van der Waals surface area contributed by atoms with E-state index in [-0.39, 0.29) is 70.0 Å². The molecule has 1 fully saturated rings. The number of nitrogens with zero attached hydrogens (tertiary/aromatic N) is 1. The van der Waals surface area contributed by atoms with E-state index < -0.39 is 18.0 Å². The summed E-state index contributed by atoms with van der Waals surface area (Å²) in [6, 6.07) is 5.62. The summed E-state index contributed by atoms with van der Waals surface area (Å²) in [5.74, 6) is -0.600. The van der Waals surface area contributed by atoms with Crippen LogP contribution in [0.3, 0.4) is 0 Å². The van der Waals surface area contributed by atoms with E-state index in [9.17, 15) is 14.7 Å². The molecular weight excluding hydrogens is 351 g/mol. The number of piperidine rings is 1. The molecule has 0 saturated carbocycles. The van der Waals surface area contributed by atoms with E-state index in [1.165, 1.54) is 12.0 Å². The van der Waals surface area contributed by atoms with Gasteiger partial charge >= 0.3 is 57.4 Å². The summed E-state index contributed by atoms with van der Waals surface area (Å²) in [4.78, 5) is 25.2. The number of benzene rings is 1. The number of rotatable bonds is 5. The molecule has 0 aliphatic carbocycles. The van der Waals surface area contributed by atoms with Gasteiger partial charge in [0.2, 0.25) is 0 Å². The number of methoxy groups -OCH3 is 2. The van der Waals surface area contributed by atoms with E-state index in [4.69, 9.17) is 9.47 Å². The molecule has 2 amide bonds. The molecule has 1 aliphatic heterocycles. The van der Waals surface area contributed by atoms with Crippen LogP contribution in [0.25, 0.3) is 0 Å². The van der Waals surface area contributed by atoms with E-state index in [1.54, 1.807) is 7.11 Å². The Morgan fingerprint density at radius 2 is 2.00 bits per heavy atom. The molecule has 1 heterocycles. The largest absolute Gasteiger partial charge is 1.00 e. The van der Waals surface area contributed by atoms with Crippen LogP contribution in [-0.4, -0.2) is 49.8 Å². The zero-order chi connectivity index (χ0) is 17.7. The van der Waals surface area contributed by atoms with Crippen LogP contribution in [0.4, 0.5) is 4.79 Å². The molecule has 8 heteroatoms. The molecule has 2 rings (SSSR count). The number of para-hydroxylation sites is 1. The second kappa shape index (κ2) is 10.5. The van der Waals surface area contributed by atoms with Crippen molar-refractivity contribution in [3.63, 3.8) is 0 Å². The monoisotopic (exact) mass is 374 g/mol. The number of carboxylic acid groups (broad SMARTS) is 1. The smallest absolute Gasteiger partial charge is 0.548 e. The Morgan fingerprint density at radius 3 is 2.60 bits per heavy atom. The van der Waals surface area contributed by atoms with Crippen molar-refractivity contribution in [2.75, 3.05) is 20.8 Å². The third-order valence-corrected chi connectivity index (χ3v) is 4.37. The molecule has 0 bridgehead atoms. The van der Waals surface area contributed by atoms with Gasteiger partial charge in [-0.2, -0.15) is 0 Å². The number of hydrogen-bond acceptors (Lipinski definition) is 5. The fourth-order valence-electron chi connectivity index (χ4n) is 2.98. The zero-order valence-electron chi connectivity index (χ0n) is 15.2. The first-order valence-corrected chi connectivity index (χ1v) is 7.91. The summed E-state index contributed by atoms with van der Waals surface area (Å²) in [7, 11) is 3.10. The average Bonchev–Trinajstić information content (AvgIpc) is 2.60. The van der Waals surface area contributed by atoms with Crippen molar-refractivity contribution in [3.8, 4) is 5.75 Å². The Labute approximate surface area is 190 Å². The SMILES string of the molecule is COc1ccccc1C(C)NC(=O)N1CCC(OC)CC1C(=O)[O-].[K+]. The predicted octanol–water partition coefficient (Wildman–Crippen LogP) is -2.30. The molecule has 1 saturated heterocycles. The fourth-order valence-corrected chi connectivity index (χ4v) is 2.98. The van der Waals surface area contributed by atoms with E-state index >= 15 is 0 Å². The molecule has 1 aliphatic rings. The van der Waals surface area contributed by atoms with Gasteiger partial charge in [0.25, 0.3) is 0 Å². The number of hydrogen-bond donors (Lipinski definition) is 1. The Balaban J connectivity index is 0.00000312. The summed E-state index contributed by atoms with van der Waals surface area (Å²) in [5.41, 5.74) is 0.824. The minimum absolute atomic E-state index is 0. The van der Waals surface area contributed by atoms with Crippen molar-refractivity contribution in [1.82, 2.24) is 10.2 Å². The van der Waals surface area contributed by atoms with Gasteiger partial charge in [-0.15, -0.1) is 0 Å². The Bertz CT molecular complexity index is 598. The molecule has 7 nitrogen and oxygen atoms in total. The van der Waals surface area contributed by atoms with Gasteiger partial charge in [-0.25, -0.2) is 4.79 Å². The van der Waals surface area contributed by atoms with E-state index in [0.717, 1.165) is 5.56 Å². The first kappa shape index (κ1) is 22.4. The molecule has 1 aromatic carbocycles. The number of carbonyl (C=O) groups excluding carboxylic acids is 2. The van der Waals surface area contributed by atoms with Crippen LogP contribution >= 0.6 is 0 Å². The number of carbonyl (C=O) groups is 2. The average molecular weight is 374 g/mol. The quantitative estimate of drug-likeness (QED) is 0.586. The van der Waals surface area contributed by atoms with Crippen molar-refractivity contribution in [2.24, 2.45) is 0 Å². The van der Waals surface area contributed by atoms with Crippen LogP contribution in [0.2, 0.25) is 0 Å². The minimum Gasteiger partial charge on any atom is -0.548 e. The summed E-state index contributed by atoms with van der Waals surface area (Å²) in [6.07, 6.45) is 0.648. The van der Waals surface area contributed by atoms with Crippen molar-refractivity contribution >= 4 is 12.0 Å². The van der Waals surface area contributed by atoms with E-state index in [2.05, 4.69) is 5.32 Å². The second-order valence-corrected chi connectivity index (χ2v) is 5.82. The van der Waals surface area contributed by atoms with Crippen LogP contribution in [-0.2, 0) is 9.53 Å². The van der Waals surface area contributed by atoms with E-state index in [1.807, 2.05) is 31.2 Å². The fraction of sp³-hybridized carbons (Fsp3) is 0.529. The van der Waals surface area contributed by atoms with Crippen molar-refractivity contribution in [3.05, 3.63) is 29.8 Å². The van der Waals surface area contributed by atoms with Gasteiger partial charge in [0.15, 0.2) is 0 Å². The van der Waals surface area contributed by atoms with Crippen LogP contribution in [0.5, 0.6) is 5.75 Å². The third-order valence-electron chi connectivity index (χ3n) is 4.37. The summed E-state index contributed by atoms with van der Waals surface area (Å²) >= 11 is 0. The topological polar surface area (TPSA) is 90.9 Å². The van der Waals surface area contributed by atoms with Gasteiger partial charge in [-0.05, 0) is 25.8 Å². The maximum atomic E-state index is 12.5. The van der Waals surface area contributed by atoms with Crippen LogP contribution in [0.1, 0.15) is 31.4 Å². The second-order valence-electron chi connectivity index (χ2n) is 5.82. The first-order valence-electron chi connectivity index (χ1n) is 7.91. The van der Waals surface area contributed by atoms with Gasteiger partial charge < -0.3 is 29.6 Å². The van der Waals surface area contributed by atoms with Gasteiger partial charge in [-0.3, -0.25) is 0 Å². The molecular formula is C17H23KN2O5. The molecule has 0 spiro atoms. The summed E-state index contributed by atoms with van der Waals surface area (Å²) in [6.45, 7) is 2.13. The normalized spacial score (nSPS) is 21.0. The molecule has 0 aromatic heterocycles. The minimum atomic E-state index is -1.27.